The summed E-state index contributed by atoms with van der Waals surface area (Å²) in [6, 6.07) is -7.23. The van der Waals surface area contributed by atoms with Gasteiger partial charge in [0.25, 0.3) is 5.79 Å². The van der Waals surface area contributed by atoms with Gasteiger partial charge in [-0.1, -0.05) is 180 Å². The Bertz CT molecular complexity index is 3620. The molecule has 16 unspecified atom stereocenters. The van der Waals surface area contributed by atoms with Gasteiger partial charge >= 0.3 is 5.97 Å². The van der Waals surface area contributed by atoms with Gasteiger partial charge in [0.05, 0.1) is 83.3 Å². The number of allylic oxidation sites excluding steroid dienone is 1. The Labute approximate surface area is 825 Å². The first-order valence-electron chi connectivity index (χ1n) is 50.5. The van der Waals surface area contributed by atoms with Crippen LogP contribution < -0.4 is 21.3 Å². The van der Waals surface area contributed by atoms with E-state index in [4.69, 9.17) is 75.8 Å². The second kappa shape index (κ2) is 61.7. The molecule has 8 heterocycles. The van der Waals surface area contributed by atoms with Gasteiger partial charge in [-0.2, -0.15) is 0 Å². The number of carbonyl (C=O) groups excluding carboxylic acids is 4. The average Bonchev–Trinajstić information content (AvgIpc) is 0.758. The van der Waals surface area contributed by atoms with Gasteiger partial charge in [-0.25, -0.2) is 4.79 Å². The molecule has 4 amide bonds. The van der Waals surface area contributed by atoms with E-state index in [1.165, 1.54) is 109 Å². The Kier molecular flexibility index (Phi) is 53.4. The predicted octanol–water partition coefficient (Wildman–Crippen LogP) is -6.40. The molecule has 8 fully saturated rings. The number of aliphatic hydroxyl groups is 23. The quantitative estimate of drug-likeness (QED) is 0.0199. The highest BCUT2D eigenvalue weighted by molar-refractivity contribution is 5.77. The fourth-order valence-electron chi connectivity index (χ4n) is 19.1. The van der Waals surface area contributed by atoms with E-state index in [1.807, 2.05) is 0 Å². The molecule has 0 aliphatic carbocycles. The summed E-state index contributed by atoms with van der Waals surface area (Å²) in [6.07, 6.45) is -50.0. The third kappa shape index (κ3) is 34.3. The van der Waals surface area contributed by atoms with Crippen molar-refractivity contribution < 1.29 is 222 Å². The van der Waals surface area contributed by atoms with E-state index in [0.29, 0.717) is 12.8 Å². The van der Waals surface area contributed by atoms with Crippen molar-refractivity contribution in [1.29, 1.82) is 0 Å². The molecule has 49 nitrogen and oxygen atoms in total. The molecule has 0 aromatic rings. The Morgan fingerprint density at radius 1 is 0.380 bits per heavy atom. The minimum atomic E-state index is -3.52. The number of carboxylic acid groups (broad SMARTS) is 1. The van der Waals surface area contributed by atoms with Crippen molar-refractivity contribution >= 4 is 29.6 Å². The van der Waals surface area contributed by atoms with E-state index in [1.54, 1.807) is 6.08 Å². The summed E-state index contributed by atoms with van der Waals surface area (Å²) >= 11 is 0. The lowest BCUT2D eigenvalue weighted by Crippen LogP contribution is -2.72. The van der Waals surface area contributed by atoms with Gasteiger partial charge in [-0.3, -0.25) is 19.2 Å². The summed E-state index contributed by atoms with van der Waals surface area (Å²) < 4.78 is 97.8. The molecule has 0 bridgehead atoms. The Balaban J connectivity index is 1.08. The lowest BCUT2D eigenvalue weighted by Gasteiger charge is -2.53. The molecule has 28 N–H and O–H groups in total. The molecule has 8 saturated heterocycles. The van der Waals surface area contributed by atoms with Crippen LogP contribution in [0.25, 0.3) is 0 Å². The number of carboxylic acids is 1. The highest BCUT2D eigenvalue weighted by atomic mass is 16.8. The Morgan fingerprint density at radius 2 is 0.746 bits per heavy atom. The zero-order valence-corrected chi connectivity index (χ0v) is 81.9. The van der Waals surface area contributed by atoms with Gasteiger partial charge in [0.2, 0.25) is 23.6 Å². The lowest BCUT2D eigenvalue weighted by atomic mass is 9.88. The van der Waals surface area contributed by atoms with Crippen LogP contribution in [0.4, 0.5) is 0 Å². The Hall–Kier alpha value is -4.47. The van der Waals surface area contributed by atoms with Crippen molar-refractivity contribution in [2.75, 3.05) is 52.9 Å². The molecular weight excluding hydrogens is 1890 g/mol. The fraction of sp³-hybridized carbons (Fsp3) is 0.925. The molecule has 8 aliphatic rings. The number of nitrogens with one attached hydrogen (secondary N) is 4. The minimum absolute atomic E-state index is 0.0857. The third-order valence-electron chi connectivity index (χ3n) is 27.3. The molecule has 8 aliphatic heterocycles. The summed E-state index contributed by atoms with van der Waals surface area (Å²) in [5.74, 6) is -9.18. The average molecular weight is 2060 g/mol. The maximum atomic E-state index is 14.2. The molecule has 43 atom stereocenters. The molecule has 8 rings (SSSR count). The van der Waals surface area contributed by atoms with E-state index in [2.05, 4.69) is 35.1 Å². The van der Waals surface area contributed by atoms with Gasteiger partial charge in [-0.05, 0) is 26.2 Å². The molecule has 142 heavy (non-hydrogen) atoms. The van der Waals surface area contributed by atoms with Crippen LogP contribution in [-0.2, 0) is 99.8 Å². The van der Waals surface area contributed by atoms with Crippen molar-refractivity contribution in [2.24, 2.45) is 0 Å². The van der Waals surface area contributed by atoms with Gasteiger partial charge in [-0.15, -0.1) is 0 Å². The van der Waals surface area contributed by atoms with Crippen LogP contribution in [0.15, 0.2) is 12.2 Å². The smallest absolute Gasteiger partial charge is 0.364 e. The largest absolute Gasteiger partial charge is 0.477 e. The molecule has 0 saturated carbocycles. The highest BCUT2D eigenvalue weighted by Gasteiger charge is 2.64. The SMILES string of the molecule is CCCCCCCCCCCCC/C=C/[C@@H](O)[C@H](CO[C@@H]1OC(CO)[C@@H](O[C@@H]2OC(CO)[C@H](O[C@@H]3OC(CO)[C@H](O)[C@H](O[C@@H]4OC(CO)[C@H](O)[C@H](O[C@@H]5OC(CO)[C@@H](O[C@@H]6OC(CO)[C@H](O)[C@H](O)C6O)[C@H](O[C@H]6OC(C)[C@@H](O)C(O)[C@@H]6O)C5NC(C)=O)C4O)C3NC(C)=O)[C@H](O[C@]3(C(=O)O)CC(O)[C@@H](NC(C)=O)C([C@H](O)[C@H](O)CO)O3)C2O)[C@H](O)C1O)NC(=O)CCCCCCCCCCCCCCCCC. The second-order valence-electron chi connectivity index (χ2n) is 38.4. The van der Waals surface area contributed by atoms with E-state index < -0.39 is 352 Å². The summed E-state index contributed by atoms with van der Waals surface area (Å²) in [4.78, 5) is 67.9. The molecule has 0 aromatic carbocycles. The Morgan fingerprint density at radius 3 is 1.24 bits per heavy atom. The summed E-state index contributed by atoms with van der Waals surface area (Å²) in [6.45, 7) is -0.629. The summed E-state index contributed by atoms with van der Waals surface area (Å²) in [7, 11) is 0. The van der Waals surface area contributed by atoms with Crippen LogP contribution in [0.2, 0.25) is 0 Å². The minimum Gasteiger partial charge on any atom is -0.477 e. The first-order valence-corrected chi connectivity index (χ1v) is 50.5. The molecule has 0 spiro atoms. The number of rotatable bonds is 61. The second-order valence-corrected chi connectivity index (χ2v) is 38.4. The number of carbonyl (C=O) groups is 5. The lowest BCUT2D eigenvalue weighted by molar-refractivity contribution is -0.405. The standard InChI is InChI=1S/C93H164N4O45/c1-7-9-11-13-15-17-19-21-22-24-26-28-30-32-34-36-60(111)97-50(51(108)35-33-31-29-27-25-23-20-18-16-14-12-10-8-2)45-127-87-74(122)71(119)77(57(42-102)133-87)135-91-76(124)84(142-93(92(125)126)37-52(109)61(94-47(4)105)81(141-93)65(113)53(110)38-98)79(59(44-104)134-91)136-85-62(95-48(5)106)80(67(115)55(40-100)129-85)138-90-75(123)83(68(116)56(41-101)131-90)140-86-63(96-49(6)107)82(139-88-72(120)69(117)64(112)46(3)128-88)78(58(43-103)132-86)137-89-73(121)70(118)66(114)54(39-99)130-89/h33,35,46,50-59,61-91,98-104,108-110,112-124H,7-32,34,36-45H2,1-6H3,(H,94,105)(H,95,106)(H,96,107)(H,97,111)(H,125,126)/b35-33+/t46?,50-,51+,52?,53+,54?,55?,56?,57?,58?,59?,61+,62?,63?,64+,65+,66-,67-,68-,69?,70-,71+,72-,73?,74?,75?,76?,77+,78+,79-,80+,81?,82+,83-,84+,85-,86-,87+,88+,89-,90-,91-,93-/m0/s1. The van der Waals surface area contributed by atoms with Gasteiger partial charge < -0.3 is 220 Å². The van der Waals surface area contributed by atoms with E-state index in [9.17, 15) is 147 Å². The van der Waals surface area contributed by atoms with E-state index in [-0.39, 0.29) is 6.42 Å². The van der Waals surface area contributed by atoms with Crippen LogP contribution in [0.5, 0.6) is 0 Å². The fourth-order valence-corrected chi connectivity index (χ4v) is 19.1. The van der Waals surface area contributed by atoms with Crippen molar-refractivity contribution in [3.05, 3.63) is 12.2 Å². The van der Waals surface area contributed by atoms with Crippen LogP contribution in [0.3, 0.4) is 0 Å². The number of ether oxygens (including phenoxy) is 16. The summed E-state index contributed by atoms with van der Waals surface area (Å²) in [5.41, 5.74) is 0. The molecule has 826 valence electrons. The normalized spacial score (nSPS) is 38.8. The van der Waals surface area contributed by atoms with Gasteiger partial charge in [0.1, 0.15) is 183 Å². The van der Waals surface area contributed by atoms with E-state index in [0.717, 1.165) is 85.0 Å². The highest BCUT2D eigenvalue weighted by Crippen LogP contribution is 2.44. The first kappa shape index (κ1) is 123. The van der Waals surface area contributed by atoms with E-state index >= 15 is 0 Å². The monoisotopic (exact) mass is 2060 g/mol. The molecular formula is C93H164N4O45. The molecule has 0 aromatic heterocycles. The number of unbranched alkanes of at least 4 members (excludes halogenated alkanes) is 25. The molecule has 49 heteroatoms. The number of hydrogen-bond acceptors (Lipinski definition) is 44. The number of hydrogen-bond donors (Lipinski definition) is 28. The maximum Gasteiger partial charge on any atom is 0.364 e. The topological polar surface area (TPSA) is 767 Å². The van der Waals surface area contributed by atoms with Gasteiger partial charge in [0, 0.05) is 33.6 Å². The van der Waals surface area contributed by atoms with Crippen LogP contribution in [0, 0.1) is 0 Å². The summed E-state index contributed by atoms with van der Waals surface area (Å²) in [5, 5.41) is 283. The third-order valence-corrected chi connectivity index (χ3v) is 27.3. The molecule has 0 radical (unpaired) electrons. The zero-order chi connectivity index (χ0) is 104. The van der Waals surface area contributed by atoms with Crippen molar-refractivity contribution in [2.45, 2.75) is 491 Å². The van der Waals surface area contributed by atoms with Crippen LogP contribution in [-0.4, -0.2) is 468 Å². The van der Waals surface area contributed by atoms with Crippen molar-refractivity contribution in [3.63, 3.8) is 0 Å². The first-order chi connectivity index (χ1) is 67.8. The van der Waals surface area contributed by atoms with Crippen molar-refractivity contribution in [1.82, 2.24) is 21.3 Å². The number of aliphatic carboxylic acids is 1. The number of aliphatic hydroxyl groups excluding tert-OH is 23. The predicted molar refractivity (Wildman–Crippen MR) is 486 cm³/mol. The number of amides is 4. The maximum absolute atomic E-state index is 14.2. The van der Waals surface area contributed by atoms with Crippen LogP contribution >= 0.6 is 0 Å². The zero-order valence-electron chi connectivity index (χ0n) is 81.9. The van der Waals surface area contributed by atoms with Gasteiger partial charge in [0.15, 0.2) is 44.0 Å². The van der Waals surface area contributed by atoms with Crippen molar-refractivity contribution in [3.8, 4) is 0 Å². The van der Waals surface area contributed by atoms with Crippen LogP contribution in [0.1, 0.15) is 228 Å².